The molecule has 1 aromatic rings. The lowest BCUT2D eigenvalue weighted by molar-refractivity contribution is -0.313. The van der Waals surface area contributed by atoms with Crippen molar-refractivity contribution in [1.82, 2.24) is 4.90 Å². The highest BCUT2D eigenvalue weighted by Gasteiger charge is 2.65. The Morgan fingerprint density at radius 3 is 2.71 bits per heavy atom. The normalized spacial score (nSPS) is 41.2. The van der Waals surface area contributed by atoms with Crippen LogP contribution in [0.15, 0.2) is 30.3 Å². The van der Waals surface area contributed by atoms with E-state index in [1.807, 2.05) is 32.0 Å². The third-order valence-corrected chi connectivity index (χ3v) is 4.53. The summed E-state index contributed by atoms with van der Waals surface area (Å²) in [4.78, 5) is 2.22. The quantitative estimate of drug-likeness (QED) is 0.894. The first kappa shape index (κ1) is 13.7. The molecule has 0 radical (unpaired) electrons. The number of benzene rings is 1. The van der Waals surface area contributed by atoms with E-state index < -0.39 is 17.7 Å². The van der Waals surface area contributed by atoms with Gasteiger partial charge in [-0.05, 0) is 19.4 Å². The summed E-state index contributed by atoms with van der Waals surface area (Å²) in [6.07, 6.45) is -0.359. The van der Waals surface area contributed by atoms with E-state index in [0.717, 1.165) is 13.1 Å². The van der Waals surface area contributed by atoms with Crippen molar-refractivity contribution < 1.29 is 19.3 Å². The maximum Gasteiger partial charge on any atom is 0.198 e. The second kappa shape index (κ2) is 4.51. The fourth-order valence-corrected chi connectivity index (χ4v) is 3.59. The average Bonchev–Trinajstić information content (AvgIpc) is 2.87. The number of hydrogen-bond donors (Lipinski definition) is 1. The molecule has 3 saturated heterocycles. The van der Waals surface area contributed by atoms with Gasteiger partial charge < -0.3 is 19.3 Å². The molecule has 0 spiro atoms. The van der Waals surface area contributed by atoms with Gasteiger partial charge in [0.2, 0.25) is 0 Å². The van der Waals surface area contributed by atoms with Crippen LogP contribution in [0, 0.1) is 0 Å². The van der Waals surface area contributed by atoms with Gasteiger partial charge in [0.1, 0.15) is 18.4 Å². The van der Waals surface area contributed by atoms with E-state index in [-0.39, 0.29) is 12.3 Å². The third-order valence-electron chi connectivity index (χ3n) is 4.53. The van der Waals surface area contributed by atoms with Crippen LogP contribution in [0.5, 0.6) is 0 Å². The Kier molecular flexibility index (Phi) is 2.93. The summed E-state index contributed by atoms with van der Waals surface area (Å²) in [6, 6.07) is 10.3. The maximum absolute atomic E-state index is 10.7. The monoisotopic (exact) mass is 291 g/mol. The number of rotatable bonds is 2. The molecule has 4 rings (SSSR count). The molecule has 5 nitrogen and oxygen atoms in total. The van der Waals surface area contributed by atoms with Crippen LogP contribution in [-0.2, 0) is 20.8 Å². The predicted molar refractivity (Wildman–Crippen MR) is 75.1 cm³/mol. The van der Waals surface area contributed by atoms with Gasteiger partial charge in [0.25, 0.3) is 0 Å². The Bertz CT molecular complexity index is 534. The second-order valence-corrected chi connectivity index (χ2v) is 6.58. The molecular formula is C16H21NO4. The van der Waals surface area contributed by atoms with Gasteiger partial charge in [0, 0.05) is 19.5 Å². The lowest BCUT2D eigenvalue weighted by atomic mass is 10.1. The molecule has 3 aliphatic rings. The number of aliphatic hydroxyl groups is 1. The lowest BCUT2D eigenvalue weighted by Gasteiger charge is -2.39. The minimum absolute atomic E-state index is 0.240. The minimum Gasteiger partial charge on any atom is -0.363 e. The molecule has 4 atom stereocenters. The van der Waals surface area contributed by atoms with Crippen LogP contribution in [0.2, 0.25) is 0 Å². The smallest absolute Gasteiger partial charge is 0.198 e. The first-order chi connectivity index (χ1) is 9.97. The van der Waals surface area contributed by atoms with Crippen molar-refractivity contribution in [2.75, 3.05) is 6.54 Å². The van der Waals surface area contributed by atoms with E-state index in [1.54, 1.807) is 0 Å². The van der Waals surface area contributed by atoms with Gasteiger partial charge in [-0.3, -0.25) is 4.90 Å². The van der Waals surface area contributed by atoms with Crippen LogP contribution in [0.25, 0.3) is 0 Å². The average molecular weight is 291 g/mol. The summed E-state index contributed by atoms with van der Waals surface area (Å²) >= 11 is 0. The van der Waals surface area contributed by atoms with Crippen LogP contribution in [0.4, 0.5) is 0 Å². The third kappa shape index (κ3) is 2.20. The van der Waals surface area contributed by atoms with Crippen molar-refractivity contribution in [2.24, 2.45) is 0 Å². The first-order valence-electron chi connectivity index (χ1n) is 7.51. The Morgan fingerprint density at radius 2 is 1.95 bits per heavy atom. The van der Waals surface area contributed by atoms with E-state index in [0.29, 0.717) is 6.42 Å². The van der Waals surface area contributed by atoms with E-state index in [4.69, 9.17) is 14.2 Å². The van der Waals surface area contributed by atoms with Gasteiger partial charge in [-0.1, -0.05) is 30.3 Å². The van der Waals surface area contributed by atoms with Crippen molar-refractivity contribution in [1.29, 1.82) is 0 Å². The second-order valence-electron chi connectivity index (χ2n) is 6.58. The first-order valence-corrected chi connectivity index (χ1v) is 7.51. The number of fused-ring (bicyclic) bond motifs is 5. The molecule has 1 aromatic carbocycles. The van der Waals surface area contributed by atoms with Crippen molar-refractivity contribution in [2.45, 2.75) is 56.8 Å². The number of hydrogen-bond acceptors (Lipinski definition) is 5. The Hall–Kier alpha value is -0.980. The minimum atomic E-state index is -1.21. The molecule has 21 heavy (non-hydrogen) atoms. The van der Waals surface area contributed by atoms with E-state index >= 15 is 0 Å². The van der Waals surface area contributed by atoms with Gasteiger partial charge >= 0.3 is 0 Å². The van der Waals surface area contributed by atoms with Crippen molar-refractivity contribution in [3.05, 3.63) is 35.9 Å². The molecule has 0 saturated carbocycles. The maximum atomic E-state index is 10.7. The summed E-state index contributed by atoms with van der Waals surface area (Å²) < 4.78 is 17.7. The van der Waals surface area contributed by atoms with Gasteiger partial charge in [-0.25, -0.2) is 0 Å². The van der Waals surface area contributed by atoms with Crippen molar-refractivity contribution >= 4 is 0 Å². The van der Waals surface area contributed by atoms with Gasteiger partial charge in [-0.15, -0.1) is 0 Å². The fourth-order valence-electron chi connectivity index (χ4n) is 3.59. The Balaban J connectivity index is 1.57. The van der Waals surface area contributed by atoms with Gasteiger partial charge in [-0.2, -0.15) is 0 Å². The molecule has 3 fully saturated rings. The van der Waals surface area contributed by atoms with E-state index in [2.05, 4.69) is 17.0 Å². The highest BCUT2D eigenvalue weighted by molar-refractivity contribution is 5.15. The van der Waals surface area contributed by atoms with Crippen molar-refractivity contribution in [3.8, 4) is 0 Å². The molecule has 114 valence electrons. The topological polar surface area (TPSA) is 51.2 Å². The molecule has 3 aliphatic heterocycles. The molecule has 5 heteroatoms. The highest BCUT2D eigenvalue weighted by atomic mass is 16.8. The molecule has 0 aliphatic carbocycles. The SMILES string of the molecule is CC1(C)O[C@H]2[C@H]3O[C@](O)(CCN3Cc3ccccc3)[C@H]2O1. The predicted octanol–water partition coefficient (Wildman–Crippen LogP) is 1.46. The van der Waals surface area contributed by atoms with Crippen molar-refractivity contribution in [3.63, 3.8) is 0 Å². The zero-order chi connectivity index (χ0) is 14.7. The number of ether oxygens (including phenoxy) is 3. The number of nitrogens with zero attached hydrogens (tertiary/aromatic N) is 1. The largest absolute Gasteiger partial charge is 0.363 e. The summed E-state index contributed by atoms with van der Waals surface area (Å²) in [5.74, 6) is -1.88. The summed E-state index contributed by atoms with van der Waals surface area (Å²) in [5, 5.41) is 10.7. The molecule has 0 amide bonds. The fraction of sp³-hybridized carbons (Fsp3) is 0.625. The Morgan fingerprint density at radius 1 is 1.19 bits per heavy atom. The lowest BCUT2D eigenvalue weighted by Crippen LogP contribution is -2.51. The summed E-state index contributed by atoms with van der Waals surface area (Å²) in [6.45, 7) is 5.32. The molecule has 3 heterocycles. The van der Waals surface area contributed by atoms with Crippen LogP contribution in [0.1, 0.15) is 25.8 Å². The van der Waals surface area contributed by atoms with Gasteiger partial charge in [0.05, 0.1) is 0 Å². The standard InChI is InChI=1S/C16H21NO4/c1-15(2)19-12-13(20-15)16(18)8-9-17(14(12)21-16)10-11-6-4-3-5-7-11/h3-7,12-14,18H,8-10H2,1-2H3/t12-,13+,14-,16-/m1/s1. The molecule has 1 N–H and O–H groups in total. The summed E-state index contributed by atoms with van der Waals surface area (Å²) in [5.41, 5.74) is 1.23. The van der Waals surface area contributed by atoms with Gasteiger partial charge in [0.15, 0.2) is 11.6 Å². The summed E-state index contributed by atoms with van der Waals surface area (Å²) in [7, 11) is 0. The molecular weight excluding hydrogens is 270 g/mol. The molecule has 0 aromatic heterocycles. The highest BCUT2D eigenvalue weighted by Crippen LogP contribution is 2.48. The van der Waals surface area contributed by atoms with Crippen LogP contribution < -0.4 is 0 Å². The van der Waals surface area contributed by atoms with Crippen LogP contribution in [0.3, 0.4) is 0 Å². The number of likely N-dealkylation sites (tertiary alicyclic amines) is 1. The van der Waals surface area contributed by atoms with E-state index in [1.165, 1.54) is 5.56 Å². The van der Waals surface area contributed by atoms with E-state index in [9.17, 15) is 5.11 Å². The van der Waals surface area contributed by atoms with Crippen LogP contribution >= 0.6 is 0 Å². The zero-order valence-corrected chi connectivity index (χ0v) is 12.4. The zero-order valence-electron chi connectivity index (χ0n) is 12.4. The Labute approximate surface area is 124 Å². The molecule has 2 bridgehead atoms. The van der Waals surface area contributed by atoms with Crippen LogP contribution in [-0.4, -0.2) is 46.6 Å². The molecule has 0 unspecified atom stereocenters.